The quantitative estimate of drug-likeness (QED) is 0.703. The molecule has 128 valence electrons. The van der Waals surface area contributed by atoms with Crippen molar-refractivity contribution < 1.29 is 4.58 Å². The summed E-state index contributed by atoms with van der Waals surface area (Å²) >= 11 is 0. The molecule has 0 unspecified atom stereocenters. The van der Waals surface area contributed by atoms with Crippen molar-refractivity contribution >= 4 is 23.0 Å². The molecule has 2 atom stereocenters. The fraction of sp³-hybridized carbons (Fsp3) is 0.143. The molecule has 0 bridgehead atoms. The van der Waals surface area contributed by atoms with Crippen molar-refractivity contribution in [3.8, 4) is 0 Å². The van der Waals surface area contributed by atoms with Gasteiger partial charge in [0, 0.05) is 18.7 Å². The molecule has 5 heteroatoms. The lowest BCUT2D eigenvalue weighted by Crippen LogP contribution is -2.55. The summed E-state index contributed by atoms with van der Waals surface area (Å²) < 4.78 is 2.26. The normalized spacial score (nSPS) is 20.9. The lowest BCUT2D eigenvalue weighted by molar-refractivity contribution is -0.473. The van der Waals surface area contributed by atoms with Gasteiger partial charge in [-0.05, 0) is 30.3 Å². The third kappa shape index (κ3) is 2.24. The molecule has 0 saturated heterocycles. The molecule has 0 spiro atoms. The summed E-state index contributed by atoms with van der Waals surface area (Å²) in [4.78, 5) is 6.91. The maximum absolute atomic E-state index is 4.62. The number of likely N-dealkylation sites (N-methyl/N-ethyl adjacent to an activating group) is 1. The molecule has 2 aliphatic rings. The predicted octanol–water partition coefficient (Wildman–Crippen LogP) is 2.99. The van der Waals surface area contributed by atoms with Crippen LogP contribution in [0.5, 0.6) is 0 Å². The second-order valence-electron chi connectivity index (χ2n) is 6.58. The maximum Gasteiger partial charge on any atom is 0.264 e. The van der Waals surface area contributed by atoms with Gasteiger partial charge in [0.25, 0.3) is 5.82 Å². The molecule has 2 aromatic carbocycles. The molecule has 5 nitrogen and oxygen atoms in total. The lowest BCUT2D eigenvalue weighted by atomic mass is 10.1. The van der Waals surface area contributed by atoms with Crippen molar-refractivity contribution in [3.63, 3.8) is 0 Å². The number of hydrogen-bond acceptors (Lipinski definition) is 4. The summed E-state index contributed by atoms with van der Waals surface area (Å²) in [6.45, 7) is 0. The zero-order valence-electron chi connectivity index (χ0n) is 14.5. The number of aromatic nitrogens is 1. The van der Waals surface area contributed by atoms with E-state index in [9.17, 15) is 0 Å². The number of para-hydroxylation sites is 2. The molecule has 3 aromatic rings. The van der Waals surface area contributed by atoms with Crippen LogP contribution in [0, 0.1) is 0 Å². The van der Waals surface area contributed by atoms with Gasteiger partial charge in [-0.2, -0.15) is 0 Å². The molecular weight excluding hydrogens is 322 g/mol. The highest BCUT2D eigenvalue weighted by atomic mass is 15.5. The average molecular weight is 342 g/mol. The minimum Gasteiger partial charge on any atom is -0.347 e. The molecule has 26 heavy (non-hydrogen) atoms. The van der Waals surface area contributed by atoms with Crippen LogP contribution in [0.3, 0.4) is 0 Å². The smallest absolute Gasteiger partial charge is 0.264 e. The second kappa shape index (κ2) is 5.88. The Balaban J connectivity index is 1.68. The van der Waals surface area contributed by atoms with E-state index >= 15 is 0 Å². The van der Waals surface area contributed by atoms with Gasteiger partial charge in [0.15, 0.2) is 6.17 Å². The van der Waals surface area contributed by atoms with E-state index in [2.05, 4.69) is 86.7 Å². The molecular formula is C21H20N5+. The van der Waals surface area contributed by atoms with Gasteiger partial charge < -0.3 is 10.2 Å². The number of nitrogens with one attached hydrogen (secondary N) is 2. The Labute approximate surface area is 152 Å². The van der Waals surface area contributed by atoms with Crippen LogP contribution in [0.4, 0.5) is 17.2 Å². The highest BCUT2D eigenvalue weighted by Crippen LogP contribution is 2.35. The van der Waals surface area contributed by atoms with E-state index < -0.39 is 0 Å². The van der Waals surface area contributed by atoms with Crippen molar-refractivity contribution in [2.45, 2.75) is 12.3 Å². The van der Waals surface area contributed by atoms with Crippen molar-refractivity contribution in [2.24, 2.45) is 0 Å². The Morgan fingerprint density at radius 1 is 0.885 bits per heavy atom. The van der Waals surface area contributed by atoms with E-state index in [1.807, 2.05) is 24.4 Å². The molecule has 0 fully saturated rings. The van der Waals surface area contributed by atoms with Crippen LogP contribution in [0.1, 0.15) is 5.56 Å². The van der Waals surface area contributed by atoms with Crippen molar-refractivity contribution in [1.82, 2.24) is 10.3 Å². The minimum absolute atomic E-state index is 0.0417. The largest absolute Gasteiger partial charge is 0.347 e. The van der Waals surface area contributed by atoms with Crippen molar-refractivity contribution in [2.75, 3.05) is 17.3 Å². The average Bonchev–Trinajstić information content (AvgIpc) is 3.09. The summed E-state index contributed by atoms with van der Waals surface area (Å²) in [6.07, 6.45) is 1.98. The van der Waals surface area contributed by atoms with E-state index in [1.54, 1.807) is 0 Å². The maximum atomic E-state index is 4.62. The van der Waals surface area contributed by atoms with Gasteiger partial charge in [0.1, 0.15) is 6.20 Å². The van der Waals surface area contributed by atoms with Crippen LogP contribution in [0.15, 0.2) is 79.0 Å². The summed E-state index contributed by atoms with van der Waals surface area (Å²) in [5, 5.41) is 7.41. The molecule has 2 aliphatic heterocycles. The summed E-state index contributed by atoms with van der Waals surface area (Å²) in [5.74, 6) is 1.98. The number of rotatable bonds is 2. The zero-order valence-corrected chi connectivity index (χ0v) is 14.5. The number of anilines is 2. The van der Waals surface area contributed by atoms with E-state index in [1.165, 1.54) is 5.69 Å². The van der Waals surface area contributed by atoms with Crippen LogP contribution < -0.4 is 15.5 Å². The Hall–Kier alpha value is -3.34. The molecule has 0 aliphatic carbocycles. The van der Waals surface area contributed by atoms with Crippen LogP contribution in [-0.4, -0.2) is 34.8 Å². The highest BCUT2D eigenvalue weighted by Gasteiger charge is 2.46. The van der Waals surface area contributed by atoms with Gasteiger partial charge in [0.05, 0.1) is 11.4 Å². The van der Waals surface area contributed by atoms with E-state index in [4.69, 9.17) is 0 Å². The Morgan fingerprint density at radius 3 is 2.46 bits per heavy atom. The Bertz CT molecular complexity index is 968. The van der Waals surface area contributed by atoms with Gasteiger partial charge in [-0.1, -0.05) is 36.4 Å². The summed E-state index contributed by atoms with van der Waals surface area (Å²) in [6, 6.07) is 24.9. The number of fused-ring (bicyclic) bond motifs is 2. The molecule has 2 N–H and O–H groups in total. The number of pyridine rings is 1. The molecule has 5 rings (SSSR count). The molecule has 0 saturated carbocycles. The van der Waals surface area contributed by atoms with Gasteiger partial charge in [0.2, 0.25) is 12.0 Å². The van der Waals surface area contributed by atoms with Crippen molar-refractivity contribution in [3.05, 3.63) is 84.6 Å². The fourth-order valence-electron chi connectivity index (χ4n) is 3.81. The van der Waals surface area contributed by atoms with E-state index in [0.717, 1.165) is 22.9 Å². The number of nitrogens with zero attached hydrogens (tertiary/aromatic N) is 3. The topological polar surface area (TPSA) is 43.2 Å². The molecule has 0 radical (unpaired) electrons. The van der Waals surface area contributed by atoms with Crippen LogP contribution >= 0.6 is 0 Å². The second-order valence-corrected chi connectivity index (χ2v) is 6.58. The van der Waals surface area contributed by atoms with Gasteiger partial charge >= 0.3 is 0 Å². The third-order valence-corrected chi connectivity index (χ3v) is 5.05. The number of amidine groups is 1. The van der Waals surface area contributed by atoms with Crippen molar-refractivity contribution in [1.29, 1.82) is 0 Å². The fourth-order valence-corrected chi connectivity index (χ4v) is 3.81. The first-order valence-electron chi connectivity index (χ1n) is 8.80. The van der Waals surface area contributed by atoms with Crippen LogP contribution in [0.2, 0.25) is 0 Å². The number of benzene rings is 2. The Kier molecular flexibility index (Phi) is 3.38. The Morgan fingerprint density at radius 2 is 1.65 bits per heavy atom. The first-order chi connectivity index (χ1) is 12.8. The summed E-state index contributed by atoms with van der Waals surface area (Å²) in [5.41, 5.74) is 3.47. The first kappa shape index (κ1) is 15.0. The predicted molar refractivity (Wildman–Crippen MR) is 104 cm³/mol. The van der Waals surface area contributed by atoms with Gasteiger partial charge in [-0.3, -0.25) is 5.32 Å². The van der Waals surface area contributed by atoms with Gasteiger partial charge in [-0.25, -0.2) is 4.58 Å². The van der Waals surface area contributed by atoms with E-state index in [0.29, 0.717) is 0 Å². The SMILES string of the molecule is CN1c2ccccc2N[C@H]2[C@@H]1NC(c1ccccc1)=[N+]2c1ccccn1. The molecule has 1 aromatic heterocycles. The third-order valence-electron chi connectivity index (χ3n) is 5.05. The highest BCUT2D eigenvalue weighted by molar-refractivity contribution is 5.97. The first-order valence-corrected chi connectivity index (χ1v) is 8.80. The number of hydrogen-bond donors (Lipinski definition) is 2. The monoisotopic (exact) mass is 342 g/mol. The minimum atomic E-state index is 0.0417. The zero-order chi connectivity index (χ0) is 17.5. The van der Waals surface area contributed by atoms with Crippen LogP contribution in [-0.2, 0) is 0 Å². The lowest BCUT2D eigenvalue weighted by Gasteiger charge is -2.36. The van der Waals surface area contributed by atoms with E-state index in [-0.39, 0.29) is 12.3 Å². The van der Waals surface area contributed by atoms with Gasteiger partial charge in [-0.15, -0.1) is 4.98 Å². The molecule has 3 heterocycles. The van der Waals surface area contributed by atoms with Crippen LogP contribution in [0.25, 0.3) is 0 Å². The molecule has 0 amide bonds. The standard InChI is InChI=1S/C21H19N5/c1-25-17-12-6-5-11-16(17)23-21-20(25)24-19(15-9-3-2-4-10-15)26(21)18-13-7-8-14-22-18/h2-14,20-21,23H,1H3/p+1/t20-,21-/m1/s1. The summed E-state index contributed by atoms with van der Waals surface area (Å²) in [7, 11) is 2.13.